The van der Waals surface area contributed by atoms with Crippen LogP contribution in [0, 0.1) is 17.8 Å². The van der Waals surface area contributed by atoms with Crippen molar-refractivity contribution >= 4 is 0 Å². The molecule has 1 aliphatic carbocycles. The molecule has 0 heterocycles. The van der Waals surface area contributed by atoms with Crippen molar-refractivity contribution in [2.45, 2.75) is 40.5 Å². The Morgan fingerprint density at radius 3 is 2.18 bits per heavy atom. The minimum atomic E-state index is 0.870. The monoisotopic (exact) mass is 152 g/mol. The summed E-state index contributed by atoms with van der Waals surface area (Å²) in [5.41, 5.74) is 1.48. The minimum Gasteiger partial charge on any atom is -0.0825 e. The largest absolute Gasteiger partial charge is 0.0825 e. The molecule has 0 aromatic carbocycles. The summed E-state index contributed by atoms with van der Waals surface area (Å²) in [6, 6.07) is 0. The first-order valence-electron chi connectivity index (χ1n) is 4.74. The smallest absolute Gasteiger partial charge is 0.0203 e. The van der Waals surface area contributed by atoms with Gasteiger partial charge in [-0.3, -0.25) is 0 Å². The SMILES string of the molecule is CC(C)=C[C@@H]1CC(C)CC1C. The van der Waals surface area contributed by atoms with Crippen molar-refractivity contribution < 1.29 is 0 Å². The maximum Gasteiger partial charge on any atom is -0.0203 e. The summed E-state index contributed by atoms with van der Waals surface area (Å²) in [5, 5.41) is 0. The van der Waals surface area contributed by atoms with Gasteiger partial charge in [0.15, 0.2) is 0 Å². The number of rotatable bonds is 1. The second-order valence-electron chi connectivity index (χ2n) is 4.46. The second kappa shape index (κ2) is 3.42. The molecule has 0 nitrogen and oxygen atoms in total. The van der Waals surface area contributed by atoms with Gasteiger partial charge in [-0.1, -0.05) is 25.5 Å². The highest BCUT2D eigenvalue weighted by atomic mass is 14.3. The van der Waals surface area contributed by atoms with Crippen LogP contribution in [-0.4, -0.2) is 0 Å². The van der Waals surface area contributed by atoms with Gasteiger partial charge in [0.25, 0.3) is 0 Å². The molecule has 1 fully saturated rings. The number of hydrogen-bond donors (Lipinski definition) is 0. The Balaban J connectivity index is 2.53. The Kier molecular flexibility index (Phi) is 2.75. The molecule has 1 rings (SSSR count). The van der Waals surface area contributed by atoms with Gasteiger partial charge in [-0.05, 0) is 44.4 Å². The first kappa shape index (κ1) is 8.83. The highest BCUT2D eigenvalue weighted by molar-refractivity contribution is 5.01. The summed E-state index contributed by atoms with van der Waals surface area (Å²) in [7, 11) is 0. The molecule has 0 saturated heterocycles. The Morgan fingerprint density at radius 2 is 1.82 bits per heavy atom. The van der Waals surface area contributed by atoms with E-state index in [-0.39, 0.29) is 0 Å². The van der Waals surface area contributed by atoms with Crippen LogP contribution in [0.25, 0.3) is 0 Å². The highest BCUT2D eigenvalue weighted by Crippen LogP contribution is 2.36. The van der Waals surface area contributed by atoms with Crippen LogP contribution in [0.2, 0.25) is 0 Å². The maximum atomic E-state index is 2.45. The number of allylic oxidation sites excluding steroid dienone is 2. The van der Waals surface area contributed by atoms with E-state index in [1.807, 2.05) is 0 Å². The molecule has 0 radical (unpaired) electrons. The van der Waals surface area contributed by atoms with E-state index in [1.54, 1.807) is 0 Å². The standard InChI is InChI=1S/C11H20/c1-8(2)5-11-7-9(3)6-10(11)4/h5,9-11H,6-7H2,1-4H3/t9?,10?,11-/m1/s1. The molecule has 1 aliphatic rings. The molecule has 2 unspecified atom stereocenters. The van der Waals surface area contributed by atoms with Gasteiger partial charge in [0.05, 0.1) is 0 Å². The number of hydrogen-bond acceptors (Lipinski definition) is 0. The Labute approximate surface area is 70.7 Å². The predicted molar refractivity (Wildman–Crippen MR) is 50.5 cm³/mol. The van der Waals surface area contributed by atoms with Gasteiger partial charge in [0.2, 0.25) is 0 Å². The fourth-order valence-corrected chi connectivity index (χ4v) is 2.26. The lowest BCUT2D eigenvalue weighted by Crippen LogP contribution is -1.99. The Bertz CT molecular complexity index is 151. The topological polar surface area (TPSA) is 0 Å². The van der Waals surface area contributed by atoms with Crippen molar-refractivity contribution in [3.8, 4) is 0 Å². The quantitative estimate of drug-likeness (QED) is 0.503. The lowest BCUT2D eigenvalue weighted by molar-refractivity contribution is 0.500. The van der Waals surface area contributed by atoms with Gasteiger partial charge in [0, 0.05) is 0 Å². The van der Waals surface area contributed by atoms with E-state index in [4.69, 9.17) is 0 Å². The lowest BCUT2D eigenvalue weighted by Gasteiger charge is -2.09. The van der Waals surface area contributed by atoms with E-state index in [0.717, 1.165) is 17.8 Å². The van der Waals surface area contributed by atoms with E-state index >= 15 is 0 Å². The molecule has 0 aliphatic heterocycles. The van der Waals surface area contributed by atoms with Crippen LogP contribution in [0.4, 0.5) is 0 Å². The first-order valence-corrected chi connectivity index (χ1v) is 4.74. The van der Waals surface area contributed by atoms with E-state index in [0.29, 0.717) is 0 Å². The molecule has 11 heavy (non-hydrogen) atoms. The lowest BCUT2D eigenvalue weighted by atomic mass is 9.96. The molecule has 0 bridgehead atoms. The van der Waals surface area contributed by atoms with Gasteiger partial charge in [-0.2, -0.15) is 0 Å². The summed E-state index contributed by atoms with van der Waals surface area (Å²) in [4.78, 5) is 0. The normalized spacial score (nSPS) is 37.3. The zero-order valence-electron chi connectivity index (χ0n) is 8.22. The van der Waals surface area contributed by atoms with Gasteiger partial charge in [-0.25, -0.2) is 0 Å². The second-order valence-corrected chi connectivity index (χ2v) is 4.46. The van der Waals surface area contributed by atoms with Gasteiger partial charge < -0.3 is 0 Å². The van der Waals surface area contributed by atoms with Crippen LogP contribution >= 0.6 is 0 Å². The van der Waals surface area contributed by atoms with Gasteiger partial charge in [0.1, 0.15) is 0 Å². The van der Waals surface area contributed by atoms with Crippen LogP contribution in [0.1, 0.15) is 40.5 Å². The molecule has 3 atom stereocenters. The summed E-state index contributed by atoms with van der Waals surface area (Å²) >= 11 is 0. The first-order chi connectivity index (χ1) is 5.09. The Hall–Kier alpha value is -0.260. The molecule has 0 aromatic rings. The van der Waals surface area contributed by atoms with Gasteiger partial charge in [-0.15, -0.1) is 0 Å². The average molecular weight is 152 g/mol. The zero-order valence-corrected chi connectivity index (χ0v) is 8.22. The molecule has 0 heteroatoms. The zero-order chi connectivity index (χ0) is 8.43. The van der Waals surface area contributed by atoms with Crippen molar-refractivity contribution in [1.29, 1.82) is 0 Å². The molecular weight excluding hydrogens is 132 g/mol. The molecule has 0 spiro atoms. The van der Waals surface area contributed by atoms with Gasteiger partial charge >= 0.3 is 0 Å². The fraction of sp³-hybridized carbons (Fsp3) is 0.818. The van der Waals surface area contributed by atoms with Crippen LogP contribution < -0.4 is 0 Å². The Morgan fingerprint density at radius 1 is 1.18 bits per heavy atom. The third-order valence-corrected chi connectivity index (χ3v) is 2.73. The molecule has 0 N–H and O–H groups in total. The van der Waals surface area contributed by atoms with E-state index in [1.165, 1.54) is 18.4 Å². The molecule has 64 valence electrons. The van der Waals surface area contributed by atoms with E-state index < -0.39 is 0 Å². The highest BCUT2D eigenvalue weighted by Gasteiger charge is 2.26. The summed E-state index contributed by atoms with van der Waals surface area (Å²) in [5.74, 6) is 2.74. The molecular formula is C11H20. The molecule has 1 saturated carbocycles. The van der Waals surface area contributed by atoms with E-state index in [9.17, 15) is 0 Å². The summed E-state index contributed by atoms with van der Waals surface area (Å²) in [6.07, 6.45) is 5.29. The van der Waals surface area contributed by atoms with E-state index in [2.05, 4.69) is 33.8 Å². The van der Waals surface area contributed by atoms with Crippen molar-refractivity contribution in [1.82, 2.24) is 0 Å². The van der Waals surface area contributed by atoms with Crippen LogP contribution in [0.15, 0.2) is 11.6 Å². The minimum absolute atomic E-state index is 0.870. The van der Waals surface area contributed by atoms with Crippen molar-refractivity contribution in [3.05, 3.63) is 11.6 Å². The van der Waals surface area contributed by atoms with Crippen molar-refractivity contribution in [3.63, 3.8) is 0 Å². The third kappa shape index (κ3) is 2.36. The summed E-state index contributed by atoms with van der Waals surface area (Å²) < 4.78 is 0. The maximum absolute atomic E-state index is 2.45. The van der Waals surface area contributed by atoms with Crippen molar-refractivity contribution in [2.75, 3.05) is 0 Å². The van der Waals surface area contributed by atoms with Crippen LogP contribution in [-0.2, 0) is 0 Å². The fourth-order valence-electron chi connectivity index (χ4n) is 2.26. The summed E-state index contributed by atoms with van der Waals surface area (Å²) in [6.45, 7) is 9.16. The predicted octanol–water partition coefficient (Wildman–Crippen LogP) is 3.63. The van der Waals surface area contributed by atoms with Crippen LogP contribution in [0.3, 0.4) is 0 Å². The van der Waals surface area contributed by atoms with Crippen LogP contribution in [0.5, 0.6) is 0 Å². The molecule has 0 aromatic heterocycles. The van der Waals surface area contributed by atoms with Crippen molar-refractivity contribution in [2.24, 2.45) is 17.8 Å². The average Bonchev–Trinajstić information content (AvgIpc) is 2.09. The molecule has 0 amide bonds. The third-order valence-electron chi connectivity index (χ3n) is 2.73.